The summed E-state index contributed by atoms with van der Waals surface area (Å²) in [6.45, 7) is 5.04. The molecule has 1 N–H and O–H groups in total. The summed E-state index contributed by atoms with van der Waals surface area (Å²) in [5, 5.41) is 11.3. The zero-order chi connectivity index (χ0) is 13.7. The molecule has 19 heavy (non-hydrogen) atoms. The van der Waals surface area contributed by atoms with E-state index in [0.29, 0.717) is 17.5 Å². The van der Waals surface area contributed by atoms with Crippen LogP contribution in [0.2, 0.25) is 0 Å². The fourth-order valence-electron chi connectivity index (χ4n) is 1.71. The SMILES string of the molecule is CCCNC(CC)c1nnc(-c2ccc(F)cn2)o1. The summed E-state index contributed by atoms with van der Waals surface area (Å²) in [7, 11) is 0. The zero-order valence-corrected chi connectivity index (χ0v) is 11.1. The third kappa shape index (κ3) is 3.35. The molecule has 1 unspecified atom stereocenters. The monoisotopic (exact) mass is 264 g/mol. The van der Waals surface area contributed by atoms with Gasteiger partial charge in [0.05, 0.1) is 12.2 Å². The first-order valence-corrected chi connectivity index (χ1v) is 6.43. The van der Waals surface area contributed by atoms with Gasteiger partial charge < -0.3 is 9.73 Å². The van der Waals surface area contributed by atoms with E-state index in [9.17, 15) is 4.39 Å². The van der Waals surface area contributed by atoms with Gasteiger partial charge in [-0.15, -0.1) is 10.2 Å². The van der Waals surface area contributed by atoms with Crippen LogP contribution in [-0.4, -0.2) is 21.7 Å². The highest BCUT2D eigenvalue weighted by Gasteiger charge is 2.17. The number of halogens is 1. The molecular weight excluding hydrogens is 247 g/mol. The smallest absolute Gasteiger partial charge is 0.266 e. The molecule has 1 atom stereocenters. The number of pyridine rings is 1. The highest BCUT2D eigenvalue weighted by Crippen LogP contribution is 2.20. The lowest BCUT2D eigenvalue weighted by atomic mass is 10.2. The number of hydrogen-bond donors (Lipinski definition) is 1. The van der Waals surface area contributed by atoms with E-state index in [1.54, 1.807) is 0 Å². The maximum Gasteiger partial charge on any atom is 0.266 e. The summed E-state index contributed by atoms with van der Waals surface area (Å²) in [6, 6.07) is 2.88. The van der Waals surface area contributed by atoms with Gasteiger partial charge in [-0.3, -0.25) is 0 Å². The van der Waals surface area contributed by atoms with Gasteiger partial charge in [0.15, 0.2) is 0 Å². The van der Waals surface area contributed by atoms with E-state index in [2.05, 4.69) is 27.4 Å². The van der Waals surface area contributed by atoms with Gasteiger partial charge in [0, 0.05) is 0 Å². The molecule has 6 heteroatoms. The van der Waals surface area contributed by atoms with Crippen LogP contribution < -0.4 is 5.32 Å². The molecule has 102 valence electrons. The second-order valence-electron chi connectivity index (χ2n) is 4.22. The van der Waals surface area contributed by atoms with Gasteiger partial charge in [-0.2, -0.15) is 0 Å². The van der Waals surface area contributed by atoms with Crippen LogP contribution in [0.1, 0.15) is 38.6 Å². The summed E-state index contributed by atoms with van der Waals surface area (Å²) >= 11 is 0. The van der Waals surface area contributed by atoms with Gasteiger partial charge in [-0.05, 0) is 31.5 Å². The summed E-state index contributed by atoms with van der Waals surface area (Å²) in [4.78, 5) is 3.92. The summed E-state index contributed by atoms with van der Waals surface area (Å²) in [6.07, 6.45) is 3.03. The average Bonchev–Trinajstić information content (AvgIpc) is 2.90. The first-order valence-electron chi connectivity index (χ1n) is 6.43. The highest BCUT2D eigenvalue weighted by molar-refractivity contribution is 5.45. The molecule has 0 aliphatic heterocycles. The van der Waals surface area contributed by atoms with Crippen LogP contribution in [0.4, 0.5) is 4.39 Å². The third-order valence-electron chi connectivity index (χ3n) is 2.73. The molecule has 5 nitrogen and oxygen atoms in total. The van der Waals surface area contributed by atoms with E-state index in [1.807, 2.05) is 6.92 Å². The third-order valence-corrected chi connectivity index (χ3v) is 2.73. The van der Waals surface area contributed by atoms with Crippen molar-refractivity contribution in [3.05, 3.63) is 30.0 Å². The van der Waals surface area contributed by atoms with Gasteiger partial charge in [0.2, 0.25) is 5.89 Å². The molecule has 0 aliphatic carbocycles. The Balaban J connectivity index is 2.15. The lowest BCUT2D eigenvalue weighted by molar-refractivity contribution is 0.395. The summed E-state index contributed by atoms with van der Waals surface area (Å²) < 4.78 is 18.4. The fraction of sp³-hybridized carbons (Fsp3) is 0.462. The van der Waals surface area contributed by atoms with E-state index in [0.717, 1.165) is 25.6 Å². The minimum atomic E-state index is -0.389. The Bertz CT molecular complexity index is 512. The van der Waals surface area contributed by atoms with Gasteiger partial charge in [0.25, 0.3) is 5.89 Å². The van der Waals surface area contributed by atoms with E-state index < -0.39 is 0 Å². The molecule has 2 aromatic heterocycles. The van der Waals surface area contributed by atoms with Crippen molar-refractivity contribution in [3.63, 3.8) is 0 Å². The molecule has 0 aromatic carbocycles. The van der Waals surface area contributed by atoms with Crippen LogP contribution in [0.15, 0.2) is 22.7 Å². The number of nitrogens with zero attached hydrogens (tertiary/aromatic N) is 3. The number of hydrogen-bond acceptors (Lipinski definition) is 5. The van der Waals surface area contributed by atoms with Gasteiger partial charge in [-0.1, -0.05) is 13.8 Å². The van der Waals surface area contributed by atoms with Gasteiger partial charge >= 0.3 is 0 Å². The molecule has 2 heterocycles. The molecule has 2 rings (SSSR count). The number of nitrogens with one attached hydrogen (secondary N) is 1. The van der Waals surface area contributed by atoms with E-state index >= 15 is 0 Å². The Morgan fingerprint density at radius 1 is 1.32 bits per heavy atom. The highest BCUT2D eigenvalue weighted by atomic mass is 19.1. The molecule has 0 aliphatic rings. The van der Waals surface area contributed by atoms with E-state index in [4.69, 9.17) is 4.42 Å². The first-order chi connectivity index (χ1) is 9.24. The quantitative estimate of drug-likeness (QED) is 0.869. The molecular formula is C13H17FN4O. The first kappa shape index (κ1) is 13.6. The minimum Gasteiger partial charge on any atom is -0.418 e. The molecule has 0 radical (unpaired) electrons. The fourth-order valence-corrected chi connectivity index (χ4v) is 1.71. The van der Waals surface area contributed by atoms with Crippen LogP contribution in [0.25, 0.3) is 11.6 Å². The van der Waals surface area contributed by atoms with Crippen molar-refractivity contribution in [1.29, 1.82) is 0 Å². The van der Waals surface area contributed by atoms with Crippen LogP contribution in [0, 0.1) is 5.82 Å². The lowest BCUT2D eigenvalue weighted by Gasteiger charge is -2.11. The van der Waals surface area contributed by atoms with Crippen molar-refractivity contribution in [2.24, 2.45) is 0 Å². The Labute approximate surface area is 111 Å². The standard InChI is InChI=1S/C13H17FN4O/c1-3-7-15-10(4-2)12-17-18-13(19-12)11-6-5-9(14)8-16-11/h5-6,8,10,15H,3-4,7H2,1-2H3. The van der Waals surface area contributed by atoms with Crippen molar-refractivity contribution in [2.75, 3.05) is 6.54 Å². The Kier molecular flexibility index (Phi) is 4.57. The normalized spacial score (nSPS) is 12.6. The topological polar surface area (TPSA) is 63.8 Å². The molecule has 0 bridgehead atoms. The molecule has 2 aromatic rings. The summed E-state index contributed by atoms with van der Waals surface area (Å²) in [5.41, 5.74) is 0.477. The maximum absolute atomic E-state index is 12.8. The summed E-state index contributed by atoms with van der Waals surface area (Å²) in [5.74, 6) is 0.461. The van der Waals surface area contributed by atoms with E-state index in [-0.39, 0.29) is 11.9 Å². The Hall–Kier alpha value is -1.82. The minimum absolute atomic E-state index is 0.0432. The van der Waals surface area contributed by atoms with Gasteiger partial charge in [-0.25, -0.2) is 9.37 Å². The van der Waals surface area contributed by atoms with Gasteiger partial charge in [0.1, 0.15) is 11.5 Å². The zero-order valence-electron chi connectivity index (χ0n) is 11.1. The second-order valence-corrected chi connectivity index (χ2v) is 4.22. The number of aromatic nitrogens is 3. The molecule has 0 saturated carbocycles. The molecule has 0 saturated heterocycles. The predicted molar refractivity (Wildman–Crippen MR) is 68.8 cm³/mol. The largest absolute Gasteiger partial charge is 0.418 e. The van der Waals surface area contributed by atoms with Crippen molar-refractivity contribution < 1.29 is 8.81 Å². The lowest BCUT2D eigenvalue weighted by Crippen LogP contribution is -2.21. The molecule has 0 fully saturated rings. The van der Waals surface area contributed by atoms with Crippen molar-refractivity contribution in [1.82, 2.24) is 20.5 Å². The second kappa shape index (κ2) is 6.38. The van der Waals surface area contributed by atoms with Crippen molar-refractivity contribution in [2.45, 2.75) is 32.7 Å². The predicted octanol–water partition coefficient (Wildman–Crippen LogP) is 2.72. The van der Waals surface area contributed by atoms with Crippen LogP contribution in [0.5, 0.6) is 0 Å². The molecule has 0 amide bonds. The average molecular weight is 264 g/mol. The van der Waals surface area contributed by atoms with Crippen LogP contribution in [0.3, 0.4) is 0 Å². The van der Waals surface area contributed by atoms with Crippen LogP contribution >= 0.6 is 0 Å². The molecule has 0 spiro atoms. The Morgan fingerprint density at radius 2 is 2.16 bits per heavy atom. The number of rotatable bonds is 6. The van der Waals surface area contributed by atoms with Crippen molar-refractivity contribution >= 4 is 0 Å². The maximum atomic E-state index is 12.8. The van der Waals surface area contributed by atoms with E-state index in [1.165, 1.54) is 12.1 Å². The van der Waals surface area contributed by atoms with Crippen molar-refractivity contribution in [3.8, 4) is 11.6 Å². The Morgan fingerprint density at radius 3 is 2.79 bits per heavy atom. The van der Waals surface area contributed by atoms with Crippen LogP contribution in [-0.2, 0) is 0 Å².